The van der Waals surface area contributed by atoms with Gasteiger partial charge in [0.15, 0.2) is 0 Å². The number of nitrogens with one attached hydrogen (secondary N) is 1. The molecule has 1 amide bonds. The van der Waals surface area contributed by atoms with E-state index in [2.05, 4.69) is 11.9 Å². The van der Waals surface area contributed by atoms with E-state index in [0.29, 0.717) is 5.02 Å². The molecule has 0 unspecified atom stereocenters. The van der Waals surface area contributed by atoms with Crippen LogP contribution < -0.4 is 5.32 Å². The third-order valence-corrected chi connectivity index (χ3v) is 3.36. The van der Waals surface area contributed by atoms with E-state index in [4.69, 9.17) is 16.3 Å². The molecule has 122 valence electrons. The normalized spacial score (nSPS) is 10.8. The van der Waals surface area contributed by atoms with Gasteiger partial charge in [0.05, 0.1) is 10.6 Å². The molecule has 0 saturated carbocycles. The Morgan fingerprint density at radius 3 is 2.42 bits per heavy atom. The maximum Gasteiger partial charge on any atom is 0.355 e. The molecule has 2 aromatic carbocycles. The summed E-state index contributed by atoms with van der Waals surface area (Å²) in [6.07, 6.45) is 2.99. The van der Waals surface area contributed by atoms with Crippen molar-refractivity contribution in [2.24, 2.45) is 0 Å². The molecule has 2 aromatic rings. The topological polar surface area (TPSA) is 55.4 Å². The number of carbonyl (C=O) groups excluding carboxylic acids is 2. The van der Waals surface area contributed by atoms with Crippen LogP contribution in [-0.2, 0) is 9.53 Å². The lowest BCUT2D eigenvalue weighted by Crippen LogP contribution is -2.28. The quantitative estimate of drug-likeness (QED) is 0.493. The van der Waals surface area contributed by atoms with E-state index in [1.54, 1.807) is 30.3 Å². The van der Waals surface area contributed by atoms with Gasteiger partial charge < -0.3 is 10.1 Å². The lowest BCUT2D eigenvalue weighted by Gasteiger charge is -2.10. The molecule has 4 nitrogen and oxygen atoms in total. The van der Waals surface area contributed by atoms with Crippen molar-refractivity contribution < 1.29 is 14.3 Å². The van der Waals surface area contributed by atoms with Gasteiger partial charge in [-0.05, 0) is 23.8 Å². The van der Waals surface area contributed by atoms with E-state index in [1.165, 1.54) is 6.08 Å². The number of carbonyl (C=O) groups is 2. The average molecular weight is 342 g/mol. The lowest BCUT2D eigenvalue weighted by atomic mass is 10.1. The van der Waals surface area contributed by atoms with Crippen molar-refractivity contribution in [3.8, 4) is 0 Å². The number of halogens is 1. The second kappa shape index (κ2) is 8.70. The fraction of sp³-hybridized carbons (Fsp3) is 0.0526. The summed E-state index contributed by atoms with van der Waals surface area (Å²) in [7, 11) is 0. The van der Waals surface area contributed by atoms with Crippen LogP contribution in [0.15, 0.2) is 72.9 Å². The highest BCUT2D eigenvalue weighted by atomic mass is 35.5. The number of amides is 1. The van der Waals surface area contributed by atoms with Crippen molar-refractivity contribution in [1.82, 2.24) is 5.32 Å². The zero-order chi connectivity index (χ0) is 17.4. The maximum atomic E-state index is 12.4. The first-order chi connectivity index (χ1) is 11.6. The molecular formula is C19H16ClNO3. The number of hydrogen-bond donors (Lipinski definition) is 1. The van der Waals surface area contributed by atoms with Gasteiger partial charge in [0.2, 0.25) is 0 Å². The van der Waals surface area contributed by atoms with Crippen LogP contribution in [0.4, 0.5) is 0 Å². The molecule has 0 atom stereocenters. The molecule has 0 aromatic heterocycles. The Hall–Kier alpha value is -2.85. The molecule has 0 bridgehead atoms. The van der Waals surface area contributed by atoms with Crippen LogP contribution >= 0.6 is 11.6 Å². The number of esters is 1. The molecule has 0 spiro atoms. The van der Waals surface area contributed by atoms with Gasteiger partial charge in [0.25, 0.3) is 5.91 Å². The Morgan fingerprint density at radius 2 is 1.75 bits per heavy atom. The Bertz CT molecular complexity index is 769. The summed E-state index contributed by atoms with van der Waals surface area (Å²) in [6, 6.07) is 15.7. The van der Waals surface area contributed by atoms with Crippen molar-refractivity contribution in [2.75, 3.05) is 6.61 Å². The van der Waals surface area contributed by atoms with Gasteiger partial charge in [-0.1, -0.05) is 66.7 Å². The van der Waals surface area contributed by atoms with Gasteiger partial charge in [-0.2, -0.15) is 0 Å². The van der Waals surface area contributed by atoms with E-state index in [-0.39, 0.29) is 17.9 Å². The monoisotopic (exact) mass is 341 g/mol. The number of ether oxygens (including phenoxy) is 1. The average Bonchev–Trinajstić information content (AvgIpc) is 2.60. The summed E-state index contributed by atoms with van der Waals surface area (Å²) in [5.74, 6) is -1.14. The first-order valence-corrected chi connectivity index (χ1v) is 7.60. The summed E-state index contributed by atoms with van der Waals surface area (Å²) in [5, 5.41) is 2.86. The minimum Gasteiger partial charge on any atom is -0.457 e. The van der Waals surface area contributed by atoms with Gasteiger partial charge in [-0.3, -0.25) is 4.79 Å². The fourth-order valence-corrected chi connectivity index (χ4v) is 2.13. The van der Waals surface area contributed by atoms with Gasteiger partial charge >= 0.3 is 5.97 Å². The Balaban J connectivity index is 2.27. The highest BCUT2D eigenvalue weighted by Gasteiger charge is 2.17. The molecule has 1 N–H and O–H groups in total. The molecule has 0 aliphatic heterocycles. The number of hydrogen-bond acceptors (Lipinski definition) is 3. The fourth-order valence-electron chi connectivity index (χ4n) is 1.91. The molecule has 2 rings (SSSR count). The minimum atomic E-state index is -0.654. The lowest BCUT2D eigenvalue weighted by molar-refractivity contribution is -0.138. The molecule has 0 aliphatic rings. The Morgan fingerprint density at radius 1 is 1.08 bits per heavy atom. The van der Waals surface area contributed by atoms with E-state index in [0.717, 1.165) is 5.56 Å². The van der Waals surface area contributed by atoms with Crippen molar-refractivity contribution in [2.45, 2.75) is 0 Å². The molecular weight excluding hydrogens is 326 g/mol. The van der Waals surface area contributed by atoms with Crippen LogP contribution in [0.5, 0.6) is 0 Å². The molecule has 0 aliphatic carbocycles. The summed E-state index contributed by atoms with van der Waals surface area (Å²) < 4.78 is 5.02. The van der Waals surface area contributed by atoms with Crippen LogP contribution in [0, 0.1) is 0 Å². The van der Waals surface area contributed by atoms with Crippen molar-refractivity contribution in [1.29, 1.82) is 0 Å². The number of benzene rings is 2. The second-order valence-electron chi connectivity index (χ2n) is 4.79. The Kier molecular flexibility index (Phi) is 6.34. The van der Waals surface area contributed by atoms with Crippen molar-refractivity contribution in [3.63, 3.8) is 0 Å². The van der Waals surface area contributed by atoms with E-state index < -0.39 is 11.9 Å². The highest BCUT2D eigenvalue weighted by molar-refractivity contribution is 6.34. The summed E-state index contributed by atoms with van der Waals surface area (Å²) >= 11 is 6.02. The molecule has 5 heteroatoms. The number of rotatable bonds is 6. The molecule has 0 heterocycles. The summed E-state index contributed by atoms with van der Waals surface area (Å²) in [5.41, 5.74) is 1.05. The van der Waals surface area contributed by atoms with Crippen molar-refractivity contribution >= 4 is 29.6 Å². The first-order valence-electron chi connectivity index (χ1n) is 7.22. The molecule has 0 radical (unpaired) electrons. The van der Waals surface area contributed by atoms with Crippen LogP contribution in [0.1, 0.15) is 15.9 Å². The molecule has 24 heavy (non-hydrogen) atoms. The zero-order valence-corrected chi connectivity index (χ0v) is 13.6. The van der Waals surface area contributed by atoms with Crippen LogP contribution in [0.25, 0.3) is 6.08 Å². The van der Waals surface area contributed by atoms with Crippen LogP contribution in [0.3, 0.4) is 0 Å². The third kappa shape index (κ3) is 4.83. The van der Waals surface area contributed by atoms with E-state index in [1.807, 2.05) is 30.3 Å². The van der Waals surface area contributed by atoms with Crippen LogP contribution in [-0.4, -0.2) is 18.5 Å². The third-order valence-electron chi connectivity index (χ3n) is 3.03. The molecule has 0 fully saturated rings. The Labute approximate surface area is 145 Å². The maximum absolute atomic E-state index is 12.4. The largest absolute Gasteiger partial charge is 0.457 e. The zero-order valence-electron chi connectivity index (χ0n) is 12.9. The minimum absolute atomic E-state index is 0.0213. The smallest absolute Gasteiger partial charge is 0.355 e. The van der Waals surface area contributed by atoms with Gasteiger partial charge in [0, 0.05) is 0 Å². The van der Waals surface area contributed by atoms with E-state index in [9.17, 15) is 9.59 Å². The highest BCUT2D eigenvalue weighted by Crippen LogP contribution is 2.15. The standard InChI is InChI=1S/C19H16ClNO3/c1-2-12-24-19(23)17(13-14-8-4-3-5-9-14)21-18(22)15-10-6-7-11-16(15)20/h2-11,13H,1,12H2,(H,21,22)/b17-13-. The SMILES string of the molecule is C=CCOC(=O)/C(=C/c1ccccc1)NC(=O)c1ccccc1Cl. The van der Waals surface area contributed by atoms with E-state index >= 15 is 0 Å². The second-order valence-corrected chi connectivity index (χ2v) is 5.20. The van der Waals surface area contributed by atoms with Crippen molar-refractivity contribution in [3.05, 3.63) is 89.1 Å². The predicted octanol–water partition coefficient (Wildman–Crippen LogP) is 3.84. The predicted molar refractivity (Wildman–Crippen MR) is 94.5 cm³/mol. The van der Waals surface area contributed by atoms with Gasteiger partial charge in [-0.25, -0.2) is 4.79 Å². The summed E-state index contributed by atoms with van der Waals surface area (Å²) in [6.45, 7) is 3.54. The van der Waals surface area contributed by atoms with Crippen LogP contribution in [0.2, 0.25) is 5.02 Å². The molecule has 0 saturated heterocycles. The van der Waals surface area contributed by atoms with Gasteiger partial charge in [-0.15, -0.1) is 0 Å². The van der Waals surface area contributed by atoms with Gasteiger partial charge in [0.1, 0.15) is 12.3 Å². The first kappa shape index (κ1) is 17.5. The summed E-state index contributed by atoms with van der Waals surface area (Å²) in [4.78, 5) is 24.6.